The van der Waals surface area contributed by atoms with Gasteiger partial charge in [0.1, 0.15) is 24.4 Å². The number of rotatable bonds is 25. The summed E-state index contributed by atoms with van der Waals surface area (Å²) in [5.74, 6) is 0. The minimum Gasteiger partial charge on any atom is -0.394 e. The predicted octanol–water partition coefficient (Wildman–Crippen LogP) is 2.76. The first-order chi connectivity index (χ1) is 18.3. The van der Waals surface area contributed by atoms with Gasteiger partial charge >= 0.3 is 0 Å². The van der Waals surface area contributed by atoms with E-state index in [1.807, 2.05) is 6.08 Å². The number of ether oxygens (including phenoxy) is 1. The van der Waals surface area contributed by atoms with E-state index in [-0.39, 0.29) is 12.3 Å². The third-order valence-electron chi connectivity index (χ3n) is 6.37. The summed E-state index contributed by atoms with van der Waals surface area (Å²) in [5.41, 5.74) is 5.95. The number of hydrogen-bond acceptors (Lipinski definition) is 9. The van der Waals surface area contributed by atoms with Gasteiger partial charge < -0.3 is 45.9 Å². The topological polar surface area (TPSA) is 174 Å². The van der Waals surface area contributed by atoms with Crippen molar-refractivity contribution in [1.29, 1.82) is 0 Å². The van der Waals surface area contributed by atoms with Crippen molar-refractivity contribution in [2.45, 2.75) is 147 Å². The number of unbranched alkanes of at least 4 members (excludes halogenated alkanes) is 13. The molecule has 6 atom stereocenters. The van der Waals surface area contributed by atoms with Crippen molar-refractivity contribution >= 4 is 6.29 Å². The number of carbonyl (C=O) groups excluding carboxylic acids is 1. The Kier molecular flexibility index (Phi) is 30.0. The molecule has 38 heavy (non-hydrogen) atoms. The van der Waals surface area contributed by atoms with Crippen LogP contribution in [0.15, 0.2) is 12.2 Å². The molecule has 0 aliphatic rings. The van der Waals surface area contributed by atoms with Crippen molar-refractivity contribution < 1.29 is 40.2 Å². The molecule has 9 heteroatoms. The molecule has 0 saturated heterocycles. The molecule has 0 bridgehead atoms. The lowest BCUT2D eigenvalue weighted by Crippen LogP contribution is -2.46. The van der Waals surface area contributed by atoms with Crippen molar-refractivity contribution in [2.24, 2.45) is 5.73 Å². The van der Waals surface area contributed by atoms with Crippen LogP contribution in [0.1, 0.15) is 110 Å². The molecule has 0 fully saturated rings. The molecule has 9 nitrogen and oxygen atoms in total. The van der Waals surface area contributed by atoms with Crippen LogP contribution in [0.3, 0.4) is 0 Å². The number of carbonyl (C=O) groups is 1. The van der Waals surface area contributed by atoms with Crippen LogP contribution in [0.2, 0.25) is 0 Å². The van der Waals surface area contributed by atoms with E-state index in [4.69, 9.17) is 36.0 Å². The smallest absolute Gasteiger partial charge is 0.151 e. The second-order valence-corrected chi connectivity index (χ2v) is 10.0. The maximum atomic E-state index is 10.0. The van der Waals surface area contributed by atoms with Crippen molar-refractivity contribution in [3.63, 3.8) is 0 Å². The zero-order chi connectivity index (χ0) is 29.0. The normalized spacial score (nSPS) is 16.3. The number of aliphatic hydroxyl groups is 6. The van der Waals surface area contributed by atoms with E-state index in [1.54, 1.807) is 0 Å². The number of hydrogen-bond donors (Lipinski definition) is 7. The van der Waals surface area contributed by atoms with E-state index in [0.29, 0.717) is 6.61 Å². The van der Waals surface area contributed by atoms with Gasteiger partial charge in [-0.2, -0.15) is 0 Å². The van der Waals surface area contributed by atoms with E-state index in [1.165, 1.54) is 83.5 Å². The Morgan fingerprint density at radius 2 is 1.21 bits per heavy atom. The summed E-state index contributed by atoms with van der Waals surface area (Å²) in [6.45, 7) is 4.87. The van der Waals surface area contributed by atoms with Gasteiger partial charge in [-0.3, -0.25) is 0 Å². The van der Waals surface area contributed by atoms with Gasteiger partial charge in [0.2, 0.25) is 0 Å². The van der Waals surface area contributed by atoms with Gasteiger partial charge in [0.25, 0.3) is 0 Å². The molecule has 0 radical (unpaired) electrons. The van der Waals surface area contributed by atoms with Crippen LogP contribution < -0.4 is 5.73 Å². The van der Waals surface area contributed by atoms with Gasteiger partial charge in [-0.15, -0.1) is 0 Å². The molecule has 0 aromatic rings. The van der Waals surface area contributed by atoms with Crippen molar-refractivity contribution in [1.82, 2.24) is 0 Å². The van der Waals surface area contributed by atoms with Crippen LogP contribution >= 0.6 is 0 Å². The first-order valence-corrected chi connectivity index (χ1v) is 14.7. The highest BCUT2D eigenvalue weighted by Crippen LogP contribution is 2.12. The van der Waals surface area contributed by atoms with E-state index >= 15 is 0 Å². The van der Waals surface area contributed by atoms with Crippen LogP contribution in [0.5, 0.6) is 0 Å². The highest BCUT2D eigenvalue weighted by atomic mass is 16.5. The first-order valence-electron chi connectivity index (χ1n) is 14.7. The predicted molar refractivity (Wildman–Crippen MR) is 152 cm³/mol. The number of nitrogens with two attached hydrogens (primary N) is 1. The Morgan fingerprint density at radius 1 is 0.711 bits per heavy atom. The third-order valence-corrected chi connectivity index (χ3v) is 6.37. The van der Waals surface area contributed by atoms with Gasteiger partial charge in [0.15, 0.2) is 6.29 Å². The molecule has 0 heterocycles. The van der Waals surface area contributed by atoms with Crippen LogP contribution in [0.4, 0.5) is 0 Å². The van der Waals surface area contributed by atoms with Crippen LogP contribution in [0.25, 0.3) is 0 Å². The molecule has 0 rings (SSSR count). The van der Waals surface area contributed by atoms with E-state index < -0.39 is 37.1 Å². The Morgan fingerprint density at radius 3 is 1.71 bits per heavy atom. The summed E-state index contributed by atoms with van der Waals surface area (Å²) in [5, 5.41) is 53.5. The van der Waals surface area contributed by atoms with Crippen LogP contribution in [-0.2, 0) is 9.53 Å². The SMILES string of the molecule is CCCCCCCCCCCCC/C=C/C(O)C(N)COCCCCC.O=CC(O)C(O)C(O)C(O)CO. The Balaban J connectivity index is 0. The van der Waals surface area contributed by atoms with Crippen LogP contribution in [-0.4, -0.2) is 93.3 Å². The monoisotopic (exact) mass is 549 g/mol. The number of aldehydes is 1. The van der Waals surface area contributed by atoms with Gasteiger partial charge in [-0.05, 0) is 19.3 Å². The van der Waals surface area contributed by atoms with E-state index in [0.717, 1.165) is 19.4 Å². The van der Waals surface area contributed by atoms with Crippen molar-refractivity contribution in [3.8, 4) is 0 Å². The van der Waals surface area contributed by atoms with Gasteiger partial charge in [-0.1, -0.05) is 103 Å². The molecule has 0 aromatic heterocycles. The molecule has 0 spiro atoms. The molecule has 0 aromatic carbocycles. The van der Waals surface area contributed by atoms with Gasteiger partial charge in [0, 0.05) is 6.61 Å². The largest absolute Gasteiger partial charge is 0.394 e. The average Bonchev–Trinajstić information content (AvgIpc) is 2.93. The second-order valence-electron chi connectivity index (χ2n) is 10.0. The quantitative estimate of drug-likeness (QED) is 0.0513. The molecule has 228 valence electrons. The Bertz CT molecular complexity index is 523. The van der Waals surface area contributed by atoms with Crippen LogP contribution in [0, 0.1) is 0 Å². The second kappa shape index (κ2) is 29.1. The molecule has 0 amide bonds. The highest BCUT2D eigenvalue weighted by Gasteiger charge is 2.29. The first kappa shape index (κ1) is 39.2. The maximum absolute atomic E-state index is 10.0. The number of aliphatic hydroxyl groups excluding tert-OH is 6. The summed E-state index contributed by atoms with van der Waals surface area (Å²) in [6.07, 6.45) is 16.0. The molecule has 8 N–H and O–H groups in total. The van der Waals surface area contributed by atoms with Crippen molar-refractivity contribution in [3.05, 3.63) is 12.2 Å². The summed E-state index contributed by atoms with van der Waals surface area (Å²) < 4.78 is 5.52. The molecule has 0 aliphatic carbocycles. The fourth-order valence-corrected chi connectivity index (χ4v) is 3.70. The minimum absolute atomic E-state index is 0.0258. The fourth-order valence-electron chi connectivity index (χ4n) is 3.70. The van der Waals surface area contributed by atoms with E-state index in [2.05, 4.69) is 19.9 Å². The lowest BCUT2D eigenvalue weighted by molar-refractivity contribution is -0.136. The average molecular weight is 550 g/mol. The summed E-state index contributed by atoms with van der Waals surface area (Å²) >= 11 is 0. The molecule has 6 unspecified atom stereocenters. The third kappa shape index (κ3) is 24.2. The Hall–Kier alpha value is -0.910. The highest BCUT2D eigenvalue weighted by molar-refractivity contribution is 5.56. The zero-order valence-electron chi connectivity index (χ0n) is 24.0. The Labute approximate surface area is 231 Å². The molecule has 0 saturated carbocycles. The lowest BCUT2D eigenvalue weighted by atomic mass is 10.0. The summed E-state index contributed by atoms with van der Waals surface area (Å²) in [4.78, 5) is 9.90. The number of allylic oxidation sites excluding steroid dienone is 1. The maximum Gasteiger partial charge on any atom is 0.151 e. The van der Waals surface area contributed by atoms with E-state index in [9.17, 15) is 9.90 Å². The lowest BCUT2D eigenvalue weighted by Gasteiger charge is -2.22. The van der Waals surface area contributed by atoms with Gasteiger partial charge in [-0.25, -0.2) is 0 Å². The van der Waals surface area contributed by atoms with Crippen molar-refractivity contribution in [2.75, 3.05) is 19.8 Å². The van der Waals surface area contributed by atoms with Gasteiger partial charge in [0.05, 0.1) is 25.4 Å². The zero-order valence-corrected chi connectivity index (χ0v) is 24.0. The summed E-state index contributed by atoms with van der Waals surface area (Å²) in [6, 6.07) is -0.315. The summed E-state index contributed by atoms with van der Waals surface area (Å²) in [7, 11) is 0. The molecule has 0 aliphatic heterocycles. The molecular formula is C29H59NO8. The molecular weight excluding hydrogens is 490 g/mol. The fraction of sp³-hybridized carbons (Fsp3) is 0.897. The standard InChI is InChI=1S/C23H47NO2.C6H12O6/c1-3-5-7-8-9-10-11-12-13-14-15-16-17-19-23(25)22(24)21-26-20-18-6-4-2;7-1-3(9)5(11)6(12)4(10)2-8/h17,19,22-23,25H,3-16,18,20-21,24H2,1-2H3;1,3-6,8-12H,2H2/b19-17+;. The minimum atomic E-state index is -1.79.